The van der Waals surface area contributed by atoms with Gasteiger partial charge >= 0.3 is 5.97 Å². The first-order chi connectivity index (χ1) is 7.49. The quantitative estimate of drug-likeness (QED) is 0.754. The monoisotopic (exact) mass is 261 g/mol. The number of carboxylic acid groups (broad SMARTS) is 1. The van der Waals surface area contributed by atoms with Crippen LogP contribution in [0.25, 0.3) is 0 Å². The number of hydrogen-bond donors (Lipinski definition) is 2. The van der Waals surface area contributed by atoms with Crippen molar-refractivity contribution >= 4 is 29.1 Å². The zero-order valence-corrected chi connectivity index (χ0v) is 11.1. The normalized spacial score (nSPS) is 13.0. The minimum atomic E-state index is -0.831. The average molecular weight is 261 g/mol. The summed E-state index contributed by atoms with van der Waals surface area (Å²) < 4.78 is 0.814. The molecule has 0 fully saturated rings. The topological polar surface area (TPSA) is 75.1 Å². The van der Waals surface area contributed by atoms with Crippen molar-refractivity contribution in [2.75, 3.05) is 5.75 Å². The Balaban J connectivity index is 2.46. The number of rotatable bonds is 6. The zero-order chi connectivity index (χ0) is 12.1. The van der Waals surface area contributed by atoms with Crippen molar-refractivity contribution < 1.29 is 9.90 Å². The molecule has 1 unspecified atom stereocenters. The molecule has 0 aliphatic carbocycles. The molecule has 0 aliphatic heterocycles. The Morgan fingerprint density at radius 2 is 2.25 bits per heavy atom. The van der Waals surface area contributed by atoms with Crippen molar-refractivity contribution in [1.82, 2.24) is 15.5 Å². The van der Waals surface area contributed by atoms with Crippen molar-refractivity contribution in [2.45, 2.75) is 37.2 Å². The minimum absolute atomic E-state index is 0.151. The Bertz CT molecular complexity index is 354. The lowest BCUT2D eigenvalue weighted by molar-refractivity contribution is -0.139. The van der Waals surface area contributed by atoms with E-state index in [4.69, 9.17) is 5.11 Å². The van der Waals surface area contributed by atoms with Crippen LogP contribution in [0.15, 0.2) is 4.34 Å². The summed E-state index contributed by atoms with van der Waals surface area (Å²) in [6, 6.07) is -0.396. The highest BCUT2D eigenvalue weighted by Crippen LogP contribution is 2.22. The Labute approximate surface area is 103 Å². The number of nitrogens with zero attached hydrogens (tertiary/aromatic N) is 2. The van der Waals surface area contributed by atoms with E-state index in [9.17, 15) is 4.79 Å². The molecule has 0 radical (unpaired) electrons. The van der Waals surface area contributed by atoms with E-state index in [2.05, 4.69) is 15.5 Å². The van der Waals surface area contributed by atoms with Crippen molar-refractivity contribution in [1.29, 1.82) is 0 Å². The highest BCUT2D eigenvalue weighted by molar-refractivity contribution is 8.01. The molecule has 90 valence electrons. The number of nitrogens with one attached hydrogen (secondary N) is 1. The second-order valence-corrected chi connectivity index (χ2v) is 6.06. The number of hydrogen-bond acceptors (Lipinski definition) is 6. The molecule has 5 nitrogen and oxygen atoms in total. The van der Waals surface area contributed by atoms with Gasteiger partial charge < -0.3 is 10.4 Å². The van der Waals surface area contributed by atoms with Crippen molar-refractivity contribution in [3.63, 3.8) is 0 Å². The van der Waals surface area contributed by atoms with E-state index in [1.165, 1.54) is 23.1 Å². The van der Waals surface area contributed by atoms with Gasteiger partial charge in [0, 0.05) is 11.8 Å². The van der Waals surface area contributed by atoms with Gasteiger partial charge in [-0.1, -0.05) is 36.9 Å². The fraction of sp³-hybridized carbons (Fsp3) is 0.667. The first-order valence-electron chi connectivity index (χ1n) is 4.90. The number of thioether (sulfide) groups is 1. The summed E-state index contributed by atoms with van der Waals surface area (Å²) in [7, 11) is 0. The van der Waals surface area contributed by atoms with Gasteiger partial charge in [0.25, 0.3) is 0 Å². The van der Waals surface area contributed by atoms with Gasteiger partial charge in [-0.2, -0.15) is 0 Å². The molecule has 16 heavy (non-hydrogen) atoms. The second-order valence-electron chi connectivity index (χ2n) is 3.61. The predicted octanol–water partition coefficient (Wildman–Crippen LogP) is 1.39. The summed E-state index contributed by atoms with van der Waals surface area (Å²) in [5.41, 5.74) is 0. The van der Waals surface area contributed by atoms with Crippen molar-refractivity contribution in [3.8, 4) is 0 Å². The maximum atomic E-state index is 11.0. The van der Waals surface area contributed by atoms with E-state index >= 15 is 0 Å². The van der Waals surface area contributed by atoms with Crippen LogP contribution in [-0.4, -0.2) is 39.1 Å². The summed E-state index contributed by atoms with van der Waals surface area (Å²) in [6.45, 7) is 5.73. The molecule has 0 amide bonds. The van der Waals surface area contributed by atoms with Crippen LogP contribution in [0.5, 0.6) is 0 Å². The van der Waals surface area contributed by atoms with Crippen LogP contribution in [0.1, 0.15) is 18.9 Å². The van der Waals surface area contributed by atoms with Crippen molar-refractivity contribution in [2.24, 2.45) is 0 Å². The Hall–Kier alpha value is -0.660. The minimum Gasteiger partial charge on any atom is -0.480 e. The summed E-state index contributed by atoms with van der Waals surface area (Å²) in [6.07, 6.45) is 0. The highest BCUT2D eigenvalue weighted by atomic mass is 32.2. The van der Waals surface area contributed by atoms with E-state index in [0.29, 0.717) is 5.75 Å². The lowest BCUT2D eigenvalue weighted by Gasteiger charge is -2.15. The third kappa shape index (κ3) is 4.46. The first-order valence-corrected chi connectivity index (χ1v) is 6.71. The molecular formula is C9H15N3O2S2. The summed E-state index contributed by atoms with van der Waals surface area (Å²) in [5.74, 6) is -0.371. The summed E-state index contributed by atoms with van der Waals surface area (Å²) in [4.78, 5) is 11.0. The number of aromatic nitrogens is 2. The molecule has 0 aliphatic rings. The number of carboxylic acids is 1. The molecule has 1 heterocycles. The highest BCUT2D eigenvalue weighted by Gasteiger charge is 2.18. The molecule has 0 aromatic carbocycles. The van der Waals surface area contributed by atoms with Crippen LogP contribution in [0.4, 0.5) is 0 Å². The molecular weight excluding hydrogens is 246 g/mol. The van der Waals surface area contributed by atoms with Gasteiger partial charge in [0.15, 0.2) is 4.34 Å². The van der Waals surface area contributed by atoms with Gasteiger partial charge in [-0.15, -0.1) is 10.2 Å². The molecule has 2 N–H and O–H groups in total. The van der Waals surface area contributed by atoms with E-state index in [1.54, 1.807) is 0 Å². The number of aryl methyl sites for hydroxylation is 1. The molecule has 0 saturated carbocycles. The van der Waals surface area contributed by atoms with Crippen LogP contribution in [-0.2, 0) is 4.79 Å². The molecule has 0 spiro atoms. The SMILES string of the molecule is Cc1nnc(SCC(NC(C)C)C(=O)O)s1. The van der Waals surface area contributed by atoms with Crippen LogP contribution >= 0.6 is 23.1 Å². The lowest BCUT2D eigenvalue weighted by atomic mass is 10.3. The van der Waals surface area contributed by atoms with Gasteiger partial charge in [-0.05, 0) is 6.92 Å². The second kappa shape index (κ2) is 6.17. The van der Waals surface area contributed by atoms with Gasteiger partial charge in [0.1, 0.15) is 11.0 Å². The molecule has 1 rings (SSSR count). The maximum Gasteiger partial charge on any atom is 0.321 e. The summed E-state index contributed by atoms with van der Waals surface area (Å²) >= 11 is 2.90. The molecule has 1 aromatic heterocycles. The van der Waals surface area contributed by atoms with Crippen LogP contribution in [0, 0.1) is 6.92 Å². The van der Waals surface area contributed by atoms with Gasteiger partial charge in [-0.3, -0.25) is 4.79 Å². The molecule has 0 saturated heterocycles. The van der Waals surface area contributed by atoms with Gasteiger partial charge in [-0.25, -0.2) is 0 Å². The predicted molar refractivity (Wildman–Crippen MR) is 65.1 cm³/mol. The summed E-state index contributed by atoms with van der Waals surface area (Å²) in [5, 5.41) is 20.7. The largest absolute Gasteiger partial charge is 0.480 e. The number of aliphatic carboxylic acids is 1. The first kappa shape index (κ1) is 13.4. The average Bonchev–Trinajstić information content (AvgIpc) is 2.58. The smallest absolute Gasteiger partial charge is 0.321 e. The van der Waals surface area contributed by atoms with Crippen LogP contribution in [0.3, 0.4) is 0 Å². The fourth-order valence-electron chi connectivity index (χ4n) is 1.08. The Morgan fingerprint density at radius 1 is 1.56 bits per heavy atom. The molecule has 1 aromatic rings. The Morgan fingerprint density at radius 3 is 2.69 bits per heavy atom. The van der Waals surface area contributed by atoms with E-state index < -0.39 is 12.0 Å². The molecule has 0 bridgehead atoms. The third-order valence-electron chi connectivity index (χ3n) is 1.71. The molecule has 7 heteroatoms. The Kier molecular flexibility index (Phi) is 5.17. The van der Waals surface area contributed by atoms with Gasteiger partial charge in [0.2, 0.25) is 0 Å². The molecule has 1 atom stereocenters. The van der Waals surface area contributed by atoms with Crippen molar-refractivity contribution in [3.05, 3.63) is 5.01 Å². The number of carbonyl (C=O) groups is 1. The van der Waals surface area contributed by atoms with Gasteiger partial charge in [0.05, 0.1) is 0 Å². The fourth-order valence-corrected chi connectivity index (χ4v) is 2.95. The van der Waals surface area contributed by atoms with E-state index in [1.807, 2.05) is 20.8 Å². The lowest BCUT2D eigenvalue weighted by Crippen LogP contribution is -2.42. The maximum absolute atomic E-state index is 11.0. The van der Waals surface area contributed by atoms with E-state index in [-0.39, 0.29) is 6.04 Å². The zero-order valence-electron chi connectivity index (χ0n) is 9.43. The standard InChI is InChI=1S/C9H15N3O2S2/c1-5(2)10-7(8(13)14)4-15-9-12-11-6(3)16-9/h5,7,10H,4H2,1-3H3,(H,13,14). The third-order valence-corrected chi connectivity index (χ3v) is 3.78. The van der Waals surface area contributed by atoms with Crippen LogP contribution in [0.2, 0.25) is 0 Å². The van der Waals surface area contributed by atoms with E-state index in [0.717, 1.165) is 9.35 Å². The van der Waals surface area contributed by atoms with Crippen LogP contribution < -0.4 is 5.32 Å².